The number of nitro benzene ring substituents is 1. The number of benzene rings is 6. The number of ketones is 2. The van der Waals surface area contributed by atoms with Crippen LogP contribution in [0.4, 0.5) is 34.1 Å². The molecule has 3 N–H and O–H groups in total. The fourth-order valence-corrected chi connectivity index (χ4v) is 9.34. The van der Waals surface area contributed by atoms with Crippen molar-refractivity contribution in [1.82, 2.24) is 0 Å². The first-order valence-corrected chi connectivity index (χ1v) is 25.2. The van der Waals surface area contributed by atoms with Crippen molar-refractivity contribution in [2.45, 2.75) is 14.7 Å². The molecule has 6 aromatic rings. The van der Waals surface area contributed by atoms with Crippen molar-refractivity contribution >= 4 is 125 Å². The molecule has 0 fully saturated rings. The fourth-order valence-electron chi connectivity index (χ4n) is 6.98. The van der Waals surface area contributed by atoms with Gasteiger partial charge < -0.3 is 23.3 Å². The molecule has 0 spiro atoms. The molecule has 366 valence electrons. The number of anilines is 2. The SMILES string of the molecule is O=C1C=C(O)C(N=Nc2cc(S(=O)(=O)[O-])cc3c2C(=O)/C(=N/Nc2ccc(N=Nc4ccc(S(=O)(=O)[O-])c5ccccc45)c4cc(S(=O)(=O)[O-])ccc24)C(S(=O)(=O)[O-])=C3)=C/C1=N/Nc1ccc([N+](=O)[O-])cc1.[Na+].[Na+].[Na+].[Na+]. The van der Waals surface area contributed by atoms with Crippen LogP contribution in [0.1, 0.15) is 15.9 Å². The molecule has 2 aliphatic carbocycles. The van der Waals surface area contributed by atoms with Crippen molar-refractivity contribution in [3.8, 4) is 0 Å². The number of hydrazone groups is 2. The molecule has 76 heavy (non-hydrogen) atoms. The minimum atomic E-state index is -5.70. The van der Waals surface area contributed by atoms with Gasteiger partial charge in [0, 0.05) is 45.8 Å². The van der Waals surface area contributed by atoms with Gasteiger partial charge >= 0.3 is 118 Å². The van der Waals surface area contributed by atoms with Crippen molar-refractivity contribution in [2.24, 2.45) is 30.7 Å². The van der Waals surface area contributed by atoms with E-state index in [1.54, 1.807) is 0 Å². The van der Waals surface area contributed by atoms with Crippen LogP contribution in [0.3, 0.4) is 0 Å². The zero-order valence-electron chi connectivity index (χ0n) is 39.3. The van der Waals surface area contributed by atoms with Crippen molar-refractivity contribution in [1.29, 1.82) is 0 Å². The number of hydrogen-bond donors (Lipinski definition) is 3. The second-order valence-corrected chi connectivity index (χ2v) is 20.3. The van der Waals surface area contributed by atoms with Gasteiger partial charge in [0.15, 0.2) is 0 Å². The molecule has 0 bridgehead atoms. The number of aliphatic hydroxyl groups excluding tert-OH is 1. The first-order chi connectivity index (χ1) is 33.8. The summed E-state index contributed by atoms with van der Waals surface area (Å²) in [4.78, 5) is 33.6. The topological polar surface area (TPSA) is 425 Å². The number of aliphatic hydroxyl groups is 1. The molecule has 26 nitrogen and oxygen atoms in total. The van der Waals surface area contributed by atoms with Crippen LogP contribution in [-0.4, -0.2) is 84.9 Å². The van der Waals surface area contributed by atoms with Crippen LogP contribution in [0, 0.1) is 10.1 Å². The van der Waals surface area contributed by atoms with Gasteiger partial charge in [0.2, 0.25) is 11.6 Å². The van der Waals surface area contributed by atoms with E-state index in [1.165, 1.54) is 54.6 Å². The molecule has 0 heterocycles. The number of fused-ring (bicyclic) bond motifs is 3. The Kier molecular flexibility index (Phi) is 21.0. The van der Waals surface area contributed by atoms with E-state index in [4.69, 9.17) is 0 Å². The second-order valence-electron chi connectivity index (χ2n) is 14.8. The van der Waals surface area contributed by atoms with E-state index < -0.39 is 116 Å². The number of Topliss-reactive ketones (excluding diaryl/α,β-unsaturated/α-hetero) is 1. The Bertz CT molecular complexity index is 4140. The third kappa shape index (κ3) is 14.2. The third-order valence-corrected chi connectivity index (χ3v) is 13.7. The van der Waals surface area contributed by atoms with E-state index in [9.17, 15) is 76.7 Å². The van der Waals surface area contributed by atoms with Gasteiger partial charge in [-0.25, -0.2) is 33.7 Å². The summed E-state index contributed by atoms with van der Waals surface area (Å²) in [6, 6.07) is 19.3. The molecule has 0 saturated heterocycles. The van der Waals surface area contributed by atoms with E-state index in [1.807, 2.05) is 0 Å². The zero-order chi connectivity index (χ0) is 52.1. The molecule has 0 radical (unpaired) electrons. The predicted molar refractivity (Wildman–Crippen MR) is 248 cm³/mol. The predicted octanol–water partition coefficient (Wildman–Crippen LogP) is -5.94. The number of hydrogen-bond acceptors (Lipinski definition) is 25. The van der Waals surface area contributed by atoms with Crippen LogP contribution in [0.5, 0.6) is 0 Å². The molecule has 0 unspecified atom stereocenters. The minimum Gasteiger partial charge on any atom is -0.744 e. The molecule has 0 aromatic heterocycles. The molecule has 8 rings (SSSR count). The summed E-state index contributed by atoms with van der Waals surface area (Å²) in [5.74, 6) is -3.13. The van der Waals surface area contributed by atoms with Crippen LogP contribution in [0.25, 0.3) is 27.6 Å². The average molecular weight is 1150 g/mol. The van der Waals surface area contributed by atoms with Crippen LogP contribution in [-0.2, 0) is 45.3 Å². The molecule has 2 aliphatic rings. The number of allylic oxidation sites excluding steroid dienone is 3. The number of azo groups is 2. The first kappa shape index (κ1) is 63.9. The smallest absolute Gasteiger partial charge is 0.744 e. The normalized spacial score (nSPS) is 15.0. The van der Waals surface area contributed by atoms with Crippen LogP contribution in [0.15, 0.2) is 177 Å². The molecular formula is C42H23N9Na4O17S4. The van der Waals surface area contributed by atoms with Crippen LogP contribution >= 0.6 is 0 Å². The standard InChI is InChI=1S/C42H27N9O17S4.4Na/c52-36-20-37(53)34(19-33(36)47-43-22-5-7-23(8-6-22)51(55)56)48-49-35-18-25(70(60,61)62)15-21-16-39(72(66,67)68)41(42(54)40(21)35)50-46-30-11-12-32(29-17-24(69(57,58)59)9-10-27(29)30)45-44-31-13-14-38(71(63,64)65)28-4-2-1-3-26(28)31;;;;/h1-20,43,46,53H,(H,57,58,59)(H,60,61,62)(H,63,64,65)(H,66,67,68);;;;/q;4*+1/p-4/b45-44?,47-33-,49-48?,50-41+;;;;. The number of rotatable bonds is 13. The molecule has 0 atom stereocenters. The maximum absolute atomic E-state index is 14.3. The number of nitro groups is 1. The first-order valence-electron chi connectivity index (χ1n) is 19.6. The fraction of sp³-hybridized carbons (Fsp3) is 0. The van der Waals surface area contributed by atoms with Crippen LogP contribution < -0.4 is 129 Å². The maximum atomic E-state index is 14.3. The van der Waals surface area contributed by atoms with Crippen LogP contribution in [0.2, 0.25) is 0 Å². The van der Waals surface area contributed by atoms with Gasteiger partial charge in [-0.3, -0.25) is 30.6 Å². The Balaban J connectivity index is 0.00000312. The second kappa shape index (κ2) is 25.0. The summed E-state index contributed by atoms with van der Waals surface area (Å²) >= 11 is 0. The summed E-state index contributed by atoms with van der Waals surface area (Å²) in [6.45, 7) is 0. The van der Waals surface area contributed by atoms with Gasteiger partial charge in [-0.2, -0.15) is 10.2 Å². The van der Waals surface area contributed by atoms with E-state index in [0.29, 0.717) is 24.3 Å². The Morgan fingerprint density at radius 2 is 1.14 bits per heavy atom. The molecule has 0 saturated carbocycles. The summed E-state index contributed by atoms with van der Waals surface area (Å²) in [7, 11) is -21.2. The summed E-state index contributed by atoms with van der Waals surface area (Å²) < 4.78 is 147. The van der Waals surface area contributed by atoms with E-state index in [0.717, 1.165) is 42.5 Å². The summed E-state index contributed by atoms with van der Waals surface area (Å²) in [6.07, 6.45) is 2.06. The summed E-state index contributed by atoms with van der Waals surface area (Å²) in [5, 5.41) is 45.3. The molecule has 0 amide bonds. The van der Waals surface area contributed by atoms with Gasteiger partial charge in [0.25, 0.3) is 5.69 Å². The molecular weight excluding hydrogens is 1120 g/mol. The quantitative estimate of drug-likeness (QED) is 0.0242. The van der Waals surface area contributed by atoms with Gasteiger partial charge in [-0.15, -0.1) is 20.5 Å². The Morgan fingerprint density at radius 1 is 0.539 bits per heavy atom. The van der Waals surface area contributed by atoms with Gasteiger partial charge in [0.05, 0.1) is 58.5 Å². The summed E-state index contributed by atoms with van der Waals surface area (Å²) in [5.41, 5.74) is 0.393. The number of nitrogens with one attached hydrogen (secondary N) is 2. The molecule has 0 aliphatic heterocycles. The third-order valence-electron chi connectivity index (χ3n) is 10.3. The molecule has 6 aromatic carbocycles. The molecule has 34 heteroatoms. The van der Waals surface area contributed by atoms with Crippen molar-refractivity contribution < 1.29 is 190 Å². The van der Waals surface area contributed by atoms with Crippen molar-refractivity contribution in [3.63, 3.8) is 0 Å². The van der Waals surface area contributed by atoms with Gasteiger partial charge in [-0.1, -0.05) is 30.3 Å². The Morgan fingerprint density at radius 3 is 1.75 bits per heavy atom. The van der Waals surface area contributed by atoms with E-state index in [2.05, 4.69) is 41.5 Å². The average Bonchev–Trinajstić information content (AvgIpc) is 3.30. The largest absolute Gasteiger partial charge is 1.00 e. The van der Waals surface area contributed by atoms with E-state index >= 15 is 0 Å². The maximum Gasteiger partial charge on any atom is 1.00 e. The number of nitrogens with zero attached hydrogens (tertiary/aromatic N) is 7. The zero-order valence-corrected chi connectivity index (χ0v) is 50.6. The number of carbonyl (C=O) groups excluding carboxylic acids is 2. The van der Waals surface area contributed by atoms with Crippen molar-refractivity contribution in [2.75, 3.05) is 10.9 Å². The minimum absolute atomic E-state index is 0. The Hall–Kier alpha value is -4.62. The van der Waals surface area contributed by atoms with E-state index in [-0.39, 0.29) is 168 Å². The Labute approximate surface area is 517 Å². The number of non-ortho nitro benzene ring substituents is 1. The van der Waals surface area contributed by atoms with Gasteiger partial charge in [0.1, 0.15) is 63.4 Å². The number of carbonyl (C=O) groups is 2. The van der Waals surface area contributed by atoms with Crippen molar-refractivity contribution in [3.05, 3.63) is 153 Å². The monoisotopic (exact) mass is 1140 g/mol. The van der Waals surface area contributed by atoms with Gasteiger partial charge in [-0.05, 0) is 72.3 Å².